The molecular formula is C24H35NO2. The van der Waals surface area contributed by atoms with Crippen molar-refractivity contribution in [2.45, 2.75) is 90.3 Å². The summed E-state index contributed by atoms with van der Waals surface area (Å²) in [7, 11) is 0. The van der Waals surface area contributed by atoms with Crippen molar-refractivity contribution in [2.75, 3.05) is 13.2 Å². The Labute approximate surface area is 164 Å². The highest BCUT2D eigenvalue weighted by Crippen LogP contribution is 2.67. The van der Waals surface area contributed by atoms with Gasteiger partial charge in [0.2, 0.25) is 0 Å². The molecule has 5 atom stereocenters. The minimum Gasteiger partial charge on any atom is -0.344 e. The van der Waals surface area contributed by atoms with Crippen LogP contribution in [0.15, 0.2) is 11.1 Å². The van der Waals surface area contributed by atoms with E-state index in [1.165, 1.54) is 56.9 Å². The topological polar surface area (TPSA) is 42.2 Å². The fourth-order valence-electron chi connectivity index (χ4n) is 8.23. The summed E-state index contributed by atoms with van der Waals surface area (Å²) < 4.78 is 12.4. The standard InChI is InChI=1S/C24H35NO2/c1-22-10-3-5-18(22)17-7-8-20-21(6-4-14-25)24(26-15-16-27-24)13-12-23(20,2)19(17)9-11-22/h17-19H,3-13,15-16H2,1-2H3. The van der Waals surface area contributed by atoms with Gasteiger partial charge in [0.15, 0.2) is 5.79 Å². The third kappa shape index (κ3) is 2.52. The smallest absolute Gasteiger partial charge is 0.191 e. The van der Waals surface area contributed by atoms with Crippen molar-refractivity contribution in [3.8, 4) is 6.07 Å². The lowest BCUT2D eigenvalue weighted by molar-refractivity contribution is -0.155. The van der Waals surface area contributed by atoms with Crippen molar-refractivity contribution in [2.24, 2.45) is 28.6 Å². The Morgan fingerprint density at radius 1 is 1.00 bits per heavy atom. The first-order chi connectivity index (χ1) is 13.0. The van der Waals surface area contributed by atoms with Crippen LogP contribution >= 0.6 is 0 Å². The highest BCUT2D eigenvalue weighted by molar-refractivity contribution is 5.35. The summed E-state index contributed by atoms with van der Waals surface area (Å²) in [4.78, 5) is 0. The van der Waals surface area contributed by atoms with E-state index in [0.717, 1.165) is 30.6 Å². The summed E-state index contributed by atoms with van der Waals surface area (Å²) in [5.74, 6) is 2.20. The molecular weight excluding hydrogens is 334 g/mol. The molecule has 4 fully saturated rings. The Balaban J connectivity index is 1.53. The van der Waals surface area contributed by atoms with Gasteiger partial charge in [0.25, 0.3) is 0 Å². The number of hydrogen-bond acceptors (Lipinski definition) is 3. The average Bonchev–Trinajstić information content (AvgIpc) is 3.28. The van der Waals surface area contributed by atoms with Gasteiger partial charge in [-0.2, -0.15) is 5.26 Å². The molecule has 3 saturated carbocycles. The van der Waals surface area contributed by atoms with E-state index >= 15 is 0 Å². The third-order valence-electron chi connectivity index (χ3n) is 9.49. The van der Waals surface area contributed by atoms with Crippen LogP contribution < -0.4 is 0 Å². The maximum absolute atomic E-state index is 9.25. The molecule has 1 aliphatic heterocycles. The zero-order valence-electron chi connectivity index (χ0n) is 17.2. The number of nitrogens with zero attached hydrogens (tertiary/aromatic N) is 1. The lowest BCUT2D eigenvalue weighted by Crippen LogP contribution is -2.52. The average molecular weight is 370 g/mol. The first kappa shape index (κ1) is 18.2. The van der Waals surface area contributed by atoms with Crippen molar-refractivity contribution in [1.29, 1.82) is 5.26 Å². The zero-order chi connectivity index (χ0) is 18.7. The Hall–Kier alpha value is -0.850. The van der Waals surface area contributed by atoms with Gasteiger partial charge in [0, 0.05) is 12.8 Å². The van der Waals surface area contributed by atoms with Gasteiger partial charge in [0.1, 0.15) is 0 Å². The van der Waals surface area contributed by atoms with E-state index in [-0.39, 0.29) is 0 Å². The molecule has 0 radical (unpaired) electrons. The quantitative estimate of drug-likeness (QED) is 0.581. The molecule has 3 heteroatoms. The van der Waals surface area contributed by atoms with E-state index in [0.29, 0.717) is 30.5 Å². The van der Waals surface area contributed by atoms with Crippen LogP contribution in [0.5, 0.6) is 0 Å². The summed E-state index contributed by atoms with van der Waals surface area (Å²) in [6.07, 6.45) is 13.3. The number of allylic oxidation sites excluding steroid dienone is 1. The lowest BCUT2D eigenvalue weighted by Gasteiger charge is -2.59. The van der Waals surface area contributed by atoms with Crippen molar-refractivity contribution in [3.05, 3.63) is 11.1 Å². The second kappa shape index (κ2) is 6.33. The second-order valence-electron chi connectivity index (χ2n) is 10.5. The molecule has 0 amide bonds. The van der Waals surface area contributed by atoms with Crippen molar-refractivity contribution in [3.63, 3.8) is 0 Å². The molecule has 5 aliphatic rings. The van der Waals surface area contributed by atoms with Crippen molar-refractivity contribution >= 4 is 0 Å². The van der Waals surface area contributed by atoms with E-state index in [1.807, 2.05) is 0 Å². The molecule has 27 heavy (non-hydrogen) atoms. The molecule has 0 aromatic heterocycles. The Bertz CT molecular complexity index is 685. The maximum atomic E-state index is 9.25. The van der Waals surface area contributed by atoms with Gasteiger partial charge in [-0.25, -0.2) is 0 Å². The minimum atomic E-state index is -0.491. The van der Waals surface area contributed by atoms with Crippen LogP contribution in [-0.2, 0) is 9.47 Å². The van der Waals surface area contributed by atoms with Crippen molar-refractivity contribution in [1.82, 2.24) is 0 Å². The molecule has 1 heterocycles. The summed E-state index contributed by atoms with van der Waals surface area (Å²) in [5, 5.41) is 9.25. The van der Waals surface area contributed by atoms with Gasteiger partial charge in [-0.3, -0.25) is 0 Å². The van der Waals surface area contributed by atoms with Crippen LogP contribution in [0, 0.1) is 39.9 Å². The first-order valence-electron chi connectivity index (χ1n) is 11.4. The predicted molar refractivity (Wildman–Crippen MR) is 105 cm³/mol. The number of nitriles is 1. The monoisotopic (exact) mass is 369 g/mol. The molecule has 0 aromatic rings. The zero-order valence-corrected chi connectivity index (χ0v) is 17.2. The summed E-state index contributed by atoms with van der Waals surface area (Å²) in [5.41, 5.74) is 3.93. The largest absolute Gasteiger partial charge is 0.344 e. The Morgan fingerprint density at radius 3 is 2.59 bits per heavy atom. The highest BCUT2D eigenvalue weighted by atomic mass is 16.7. The lowest BCUT2D eigenvalue weighted by atomic mass is 9.46. The summed E-state index contributed by atoms with van der Waals surface area (Å²) >= 11 is 0. The van der Waals surface area contributed by atoms with Crippen LogP contribution in [0.2, 0.25) is 0 Å². The molecule has 3 nitrogen and oxygen atoms in total. The van der Waals surface area contributed by atoms with Gasteiger partial charge >= 0.3 is 0 Å². The molecule has 0 N–H and O–H groups in total. The van der Waals surface area contributed by atoms with E-state index in [4.69, 9.17) is 9.47 Å². The normalized spacial score (nSPS) is 45.3. The van der Waals surface area contributed by atoms with Gasteiger partial charge in [-0.15, -0.1) is 0 Å². The molecule has 1 spiro atoms. The van der Waals surface area contributed by atoms with Crippen LogP contribution in [0.3, 0.4) is 0 Å². The number of rotatable bonds is 2. The molecule has 0 bridgehead atoms. The van der Waals surface area contributed by atoms with Crippen LogP contribution in [-0.4, -0.2) is 19.0 Å². The molecule has 0 aromatic carbocycles. The van der Waals surface area contributed by atoms with Crippen LogP contribution in [0.25, 0.3) is 0 Å². The number of ether oxygens (including phenoxy) is 2. The molecule has 148 valence electrons. The Kier molecular flexibility index (Phi) is 4.26. The molecule has 5 rings (SSSR count). The van der Waals surface area contributed by atoms with Gasteiger partial charge in [-0.1, -0.05) is 25.8 Å². The third-order valence-corrected chi connectivity index (χ3v) is 9.49. The highest BCUT2D eigenvalue weighted by Gasteiger charge is 2.59. The summed E-state index contributed by atoms with van der Waals surface area (Å²) in [6, 6.07) is 2.38. The van der Waals surface area contributed by atoms with E-state index in [9.17, 15) is 5.26 Å². The SMILES string of the molecule is CC12CCCC1C1CCC3=C(CCC#N)C4(CCC3(C)C1CC2)OCCO4. The van der Waals surface area contributed by atoms with Gasteiger partial charge in [0.05, 0.1) is 19.3 Å². The fourth-order valence-corrected chi connectivity index (χ4v) is 8.23. The maximum Gasteiger partial charge on any atom is 0.191 e. The summed E-state index contributed by atoms with van der Waals surface area (Å²) in [6.45, 7) is 6.55. The van der Waals surface area contributed by atoms with Crippen LogP contribution in [0.4, 0.5) is 0 Å². The van der Waals surface area contributed by atoms with Crippen LogP contribution in [0.1, 0.15) is 84.5 Å². The molecule has 5 unspecified atom stereocenters. The molecule has 4 aliphatic carbocycles. The first-order valence-corrected chi connectivity index (χ1v) is 11.4. The van der Waals surface area contributed by atoms with E-state index in [1.54, 1.807) is 5.57 Å². The fraction of sp³-hybridized carbons (Fsp3) is 0.875. The minimum absolute atomic E-state index is 0.304. The van der Waals surface area contributed by atoms with Gasteiger partial charge in [-0.05, 0) is 85.5 Å². The van der Waals surface area contributed by atoms with E-state index in [2.05, 4.69) is 19.9 Å². The van der Waals surface area contributed by atoms with E-state index < -0.39 is 5.79 Å². The second-order valence-corrected chi connectivity index (χ2v) is 10.5. The number of fused-ring (bicyclic) bond motifs is 5. The predicted octanol–water partition coefficient (Wildman–Crippen LogP) is 5.76. The Morgan fingerprint density at radius 2 is 1.81 bits per heavy atom. The van der Waals surface area contributed by atoms with Gasteiger partial charge < -0.3 is 9.47 Å². The number of hydrogen-bond donors (Lipinski definition) is 0. The molecule has 1 saturated heterocycles. The van der Waals surface area contributed by atoms with Crippen molar-refractivity contribution < 1.29 is 9.47 Å².